The van der Waals surface area contributed by atoms with Crippen LogP contribution in [0.2, 0.25) is 0 Å². The molecule has 0 radical (unpaired) electrons. The van der Waals surface area contributed by atoms with Crippen LogP contribution < -0.4 is 4.74 Å². The molecule has 0 aliphatic heterocycles. The molecule has 1 aromatic rings. The molecular weight excluding hydrogens is 300 g/mol. The highest BCUT2D eigenvalue weighted by Gasteiger charge is 2.00. The minimum absolute atomic E-state index is 0.567. The minimum Gasteiger partial charge on any atom is -0.493 e. The van der Waals surface area contributed by atoms with E-state index < -0.39 is 5.97 Å². The average Bonchev–Trinajstić information content (AvgIpc) is 2.34. The highest BCUT2D eigenvalue weighted by atomic mass is 79.9. The van der Waals surface area contributed by atoms with Gasteiger partial charge in [-0.05, 0) is 29.8 Å². The first-order valence-electron chi connectivity index (χ1n) is 5.46. The monoisotopic (exact) mass is 314 g/mol. The molecule has 0 saturated heterocycles. The summed E-state index contributed by atoms with van der Waals surface area (Å²) in [6, 6.07) is 5.44. The number of carboxylic acid groups (broad SMARTS) is 1. The molecule has 0 aromatic heterocycles. The molecule has 1 N–H and O–H groups in total. The van der Waals surface area contributed by atoms with Crippen molar-refractivity contribution in [1.82, 2.24) is 0 Å². The Morgan fingerprint density at radius 1 is 1.44 bits per heavy atom. The molecule has 98 valence electrons. The van der Waals surface area contributed by atoms with Crippen molar-refractivity contribution in [3.63, 3.8) is 0 Å². The maximum Gasteiger partial charge on any atom is 0.328 e. The molecule has 0 atom stereocenters. The van der Waals surface area contributed by atoms with E-state index in [-0.39, 0.29) is 0 Å². The van der Waals surface area contributed by atoms with E-state index >= 15 is 0 Å². The van der Waals surface area contributed by atoms with Gasteiger partial charge in [0.05, 0.1) is 6.61 Å². The number of hydrogen-bond donors (Lipinski definition) is 1. The average molecular weight is 315 g/mol. The van der Waals surface area contributed by atoms with Crippen molar-refractivity contribution in [2.75, 3.05) is 20.3 Å². The quantitative estimate of drug-likeness (QED) is 0.621. The highest BCUT2D eigenvalue weighted by Crippen LogP contribution is 2.23. The van der Waals surface area contributed by atoms with E-state index in [9.17, 15) is 4.79 Å². The van der Waals surface area contributed by atoms with Gasteiger partial charge in [-0.25, -0.2) is 4.79 Å². The summed E-state index contributed by atoms with van der Waals surface area (Å²) >= 11 is 3.35. The predicted octanol–water partition coefficient (Wildman–Crippen LogP) is 2.96. The molecule has 0 heterocycles. The summed E-state index contributed by atoms with van der Waals surface area (Å²) in [6.07, 6.45) is 3.43. The minimum atomic E-state index is -0.978. The van der Waals surface area contributed by atoms with Gasteiger partial charge in [0.2, 0.25) is 0 Å². The topological polar surface area (TPSA) is 55.8 Å². The summed E-state index contributed by atoms with van der Waals surface area (Å²) < 4.78 is 11.3. The SMILES string of the molecule is COCCCOc1ccc(Br)c(/C=C/C(=O)O)c1. The van der Waals surface area contributed by atoms with Crippen molar-refractivity contribution in [3.8, 4) is 5.75 Å². The third-order valence-corrected chi connectivity index (χ3v) is 2.86. The molecule has 0 bridgehead atoms. The Labute approximate surface area is 114 Å². The molecule has 4 nitrogen and oxygen atoms in total. The Morgan fingerprint density at radius 3 is 2.89 bits per heavy atom. The number of methoxy groups -OCH3 is 1. The Hall–Kier alpha value is -1.33. The summed E-state index contributed by atoms with van der Waals surface area (Å²) in [4.78, 5) is 10.5. The number of aliphatic carboxylic acids is 1. The number of hydrogen-bond acceptors (Lipinski definition) is 3. The summed E-state index contributed by atoms with van der Waals surface area (Å²) in [5, 5.41) is 8.59. The number of rotatable bonds is 7. The van der Waals surface area contributed by atoms with Crippen LogP contribution in [0.15, 0.2) is 28.7 Å². The number of ether oxygens (including phenoxy) is 2. The van der Waals surface area contributed by atoms with E-state index in [0.717, 1.165) is 22.5 Å². The fraction of sp³-hybridized carbons (Fsp3) is 0.308. The zero-order chi connectivity index (χ0) is 13.4. The summed E-state index contributed by atoms with van der Waals surface area (Å²) in [6.45, 7) is 1.22. The van der Waals surface area contributed by atoms with Crippen molar-refractivity contribution in [1.29, 1.82) is 0 Å². The fourth-order valence-corrected chi connectivity index (χ4v) is 1.67. The zero-order valence-corrected chi connectivity index (χ0v) is 11.6. The van der Waals surface area contributed by atoms with E-state index in [0.29, 0.717) is 19.0 Å². The van der Waals surface area contributed by atoms with Gasteiger partial charge in [0, 0.05) is 30.7 Å². The Bertz CT molecular complexity index is 429. The third-order valence-electron chi connectivity index (χ3n) is 2.13. The summed E-state index contributed by atoms with van der Waals surface area (Å²) in [5.41, 5.74) is 0.765. The number of carbonyl (C=O) groups is 1. The van der Waals surface area contributed by atoms with Crippen molar-refractivity contribution < 1.29 is 19.4 Å². The van der Waals surface area contributed by atoms with E-state index in [1.54, 1.807) is 13.2 Å². The molecule has 1 aromatic carbocycles. The Balaban J connectivity index is 2.65. The largest absolute Gasteiger partial charge is 0.493 e. The van der Waals surface area contributed by atoms with Crippen LogP contribution in [-0.2, 0) is 9.53 Å². The van der Waals surface area contributed by atoms with Gasteiger partial charge < -0.3 is 14.6 Å². The lowest BCUT2D eigenvalue weighted by Crippen LogP contribution is -2.01. The molecule has 0 aliphatic rings. The van der Waals surface area contributed by atoms with Crippen LogP contribution in [0.4, 0.5) is 0 Å². The van der Waals surface area contributed by atoms with Crippen LogP contribution in [0.1, 0.15) is 12.0 Å². The fourth-order valence-electron chi connectivity index (χ4n) is 1.29. The molecule has 1 rings (SSSR count). The van der Waals surface area contributed by atoms with Gasteiger partial charge in [0.1, 0.15) is 5.75 Å². The lowest BCUT2D eigenvalue weighted by molar-refractivity contribution is -0.131. The molecule has 5 heteroatoms. The first-order valence-corrected chi connectivity index (χ1v) is 6.25. The lowest BCUT2D eigenvalue weighted by Gasteiger charge is -2.07. The van der Waals surface area contributed by atoms with Crippen molar-refractivity contribution in [2.24, 2.45) is 0 Å². The molecular formula is C13H15BrO4. The van der Waals surface area contributed by atoms with Crippen LogP contribution >= 0.6 is 15.9 Å². The number of carboxylic acids is 1. The highest BCUT2D eigenvalue weighted by molar-refractivity contribution is 9.10. The second kappa shape index (κ2) is 7.89. The van der Waals surface area contributed by atoms with E-state index in [1.165, 1.54) is 6.08 Å². The van der Waals surface area contributed by atoms with Gasteiger partial charge in [0.25, 0.3) is 0 Å². The molecule has 0 amide bonds. The van der Waals surface area contributed by atoms with Crippen LogP contribution in [0.5, 0.6) is 5.75 Å². The number of halogens is 1. The van der Waals surface area contributed by atoms with E-state index in [4.69, 9.17) is 14.6 Å². The molecule has 0 aliphatic carbocycles. The van der Waals surface area contributed by atoms with Gasteiger partial charge in [-0.15, -0.1) is 0 Å². The predicted molar refractivity (Wildman–Crippen MR) is 72.8 cm³/mol. The van der Waals surface area contributed by atoms with Gasteiger partial charge >= 0.3 is 5.97 Å². The van der Waals surface area contributed by atoms with Gasteiger partial charge in [-0.2, -0.15) is 0 Å². The standard InChI is InChI=1S/C13H15BrO4/c1-17-7-2-8-18-11-4-5-12(14)10(9-11)3-6-13(15)16/h3-6,9H,2,7-8H2,1H3,(H,15,16)/b6-3+. The van der Waals surface area contributed by atoms with Crippen molar-refractivity contribution in [3.05, 3.63) is 34.3 Å². The molecule has 0 unspecified atom stereocenters. The van der Waals surface area contributed by atoms with Gasteiger partial charge in [-0.3, -0.25) is 0 Å². The molecule has 0 fully saturated rings. The van der Waals surface area contributed by atoms with E-state index in [1.807, 2.05) is 12.1 Å². The smallest absolute Gasteiger partial charge is 0.328 e. The lowest BCUT2D eigenvalue weighted by atomic mass is 10.2. The first kappa shape index (κ1) is 14.7. The second-order valence-corrected chi connectivity index (χ2v) is 4.40. The Kier molecular flexibility index (Phi) is 6.46. The first-order chi connectivity index (χ1) is 8.63. The molecule has 0 saturated carbocycles. The summed E-state index contributed by atoms with van der Waals surface area (Å²) in [5.74, 6) is -0.271. The van der Waals surface area contributed by atoms with Crippen molar-refractivity contribution in [2.45, 2.75) is 6.42 Å². The second-order valence-electron chi connectivity index (χ2n) is 3.55. The van der Waals surface area contributed by atoms with Crippen LogP contribution in [0.25, 0.3) is 6.08 Å². The van der Waals surface area contributed by atoms with E-state index in [2.05, 4.69) is 15.9 Å². The maximum absolute atomic E-state index is 10.5. The van der Waals surface area contributed by atoms with Crippen molar-refractivity contribution >= 4 is 28.0 Å². The number of benzene rings is 1. The van der Waals surface area contributed by atoms with Gasteiger partial charge in [0.15, 0.2) is 0 Å². The summed E-state index contributed by atoms with van der Waals surface area (Å²) in [7, 11) is 1.65. The maximum atomic E-state index is 10.5. The van der Waals surface area contributed by atoms with Crippen LogP contribution in [0, 0.1) is 0 Å². The third kappa shape index (κ3) is 5.33. The zero-order valence-electron chi connectivity index (χ0n) is 10.1. The molecule has 0 spiro atoms. The van der Waals surface area contributed by atoms with Crippen LogP contribution in [-0.4, -0.2) is 31.4 Å². The van der Waals surface area contributed by atoms with Crippen LogP contribution in [0.3, 0.4) is 0 Å². The normalized spacial score (nSPS) is 10.8. The van der Waals surface area contributed by atoms with Gasteiger partial charge in [-0.1, -0.05) is 15.9 Å². The Morgan fingerprint density at radius 2 is 2.22 bits per heavy atom. The molecule has 18 heavy (non-hydrogen) atoms.